The molecule has 1 unspecified atom stereocenters. The Hall–Kier alpha value is -1.23. The van der Waals surface area contributed by atoms with Gasteiger partial charge in [-0.2, -0.15) is 13.2 Å². The number of rotatable bonds is 9. The monoisotopic (exact) mass is 304 g/mol. The molecule has 0 spiro atoms. The maximum atomic E-state index is 12.9. The molecule has 0 amide bonds. The summed E-state index contributed by atoms with van der Waals surface area (Å²) < 4.78 is 44.1. The Morgan fingerprint density at radius 2 is 1.76 bits per heavy atom. The Balaban J connectivity index is 2.55. The third kappa shape index (κ3) is 6.38. The van der Waals surface area contributed by atoms with Gasteiger partial charge in [0.05, 0.1) is 12.5 Å². The number of hydrogen-bond donors (Lipinski definition) is 1. The fourth-order valence-corrected chi connectivity index (χ4v) is 2.16. The highest BCUT2D eigenvalue weighted by Gasteiger charge is 2.39. The molecule has 1 aromatic carbocycles. The van der Waals surface area contributed by atoms with Gasteiger partial charge in [-0.05, 0) is 30.5 Å². The standard InChI is InChI=1S/C16H23F3O2/c1-2-3-4-5-12-21-14-8-6-13(7-9-14)15(10-11-20)16(17,18)19/h6-9,15,20H,2-5,10-12H2,1H3. The van der Waals surface area contributed by atoms with Crippen molar-refractivity contribution in [3.8, 4) is 5.75 Å². The highest BCUT2D eigenvalue weighted by atomic mass is 19.4. The van der Waals surface area contributed by atoms with Crippen molar-refractivity contribution in [1.29, 1.82) is 0 Å². The number of ether oxygens (including phenoxy) is 1. The van der Waals surface area contributed by atoms with Gasteiger partial charge in [-0.1, -0.05) is 38.3 Å². The number of unbranched alkanes of at least 4 members (excludes halogenated alkanes) is 3. The molecule has 2 nitrogen and oxygen atoms in total. The average Bonchev–Trinajstić information content (AvgIpc) is 2.44. The Morgan fingerprint density at radius 3 is 2.29 bits per heavy atom. The van der Waals surface area contributed by atoms with E-state index >= 15 is 0 Å². The predicted molar refractivity (Wildman–Crippen MR) is 76.6 cm³/mol. The van der Waals surface area contributed by atoms with Gasteiger partial charge < -0.3 is 9.84 Å². The molecule has 1 N–H and O–H groups in total. The first-order valence-electron chi connectivity index (χ1n) is 7.39. The number of aliphatic hydroxyl groups is 1. The van der Waals surface area contributed by atoms with Gasteiger partial charge >= 0.3 is 6.18 Å². The second-order valence-electron chi connectivity index (χ2n) is 5.08. The van der Waals surface area contributed by atoms with Crippen LogP contribution in [-0.2, 0) is 0 Å². The molecular formula is C16H23F3O2. The van der Waals surface area contributed by atoms with Crippen LogP contribution in [0.4, 0.5) is 13.2 Å². The largest absolute Gasteiger partial charge is 0.494 e. The van der Waals surface area contributed by atoms with Crippen molar-refractivity contribution in [2.24, 2.45) is 0 Å². The highest BCUT2D eigenvalue weighted by Crippen LogP contribution is 2.37. The third-order valence-electron chi connectivity index (χ3n) is 3.36. The number of benzene rings is 1. The van der Waals surface area contributed by atoms with E-state index in [1.807, 2.05) is 0 Å². The number of hydrogen-bond acceptors (Lipinski definition) is 2. The zero-order valence-electron chi connectivity index (χ0n) is 12.3. The van der Waals surface area contributed by atoms with Crippen LogP contribution in [0.1, 0.15) is 50.5 Å². The quantitative estimate of drug-likeness (QED) is 0.672. The van der Waals surface area contributed by atoms with Crippen molar-refractivity contribution in [2.45, 2.75) is 51.1 Å². The number of alkyl halides is 3. The summed E-state index contributed by atoms with van der Waals surface area (Å²) in [6.45, 7) is 2.22. The Labute approximate surface area is 123 Å². The van der Waals surface area contributed by atoms with Crippen molar-refractivity contribution in [3.05, 3.63) is 29.8 Å². The minimum Gasteiger partial charge on any atom is -0.494 e. The molecule has 0 fully saturated rings. The van der Waals surface area contributed by atoms with E-state index in [9.17, 15) is 13.2 Å². The lowest BCUT2D eigenvalue weighted by atomic mass is 9.95. The van der Waals surface area contributed by atoms with E-state index in [-0.39, 0.29) is 12.0 Å². The first kappa shape index (κ1) is 17.8. The molecule has 21 heavy (non-hydrogen) atoms. The molecule has 1 atom stereocenters. The minimum absolute atomic E-state index is 0.162. The SMILES string of the molecule is CCCCCCOc1ccc(C(CCO)C(F)(F)F)cc1. The topological polar surface area (TPSA) is 29.5 Å². The van der Waals surface area contributed by atoms with Crippen LogP contribution in [0.2, 0.25) is 0 Å². The summed E-state index contributed by atoms with van der Waals surface area (Å²) in [5, 5.41) is 8.78. The van der Waals surface area contributed by atoms with Crippen LogP contribution < -0.4 is 4.74 Å². The second-order valence-corrected chi connectivity index (χ2v) is 5.08. The molecule has 0 aliphatic rings. The summed E-state index contributed by atoms with van der Waals surface area (Å²) in [5.41, 5.74) is 0.162. The summed E-state index contributed by atoms with van der Waals surface area (Å²) in [7, 11) is 0. The molecule has 0 heterocycles. The maximum absolute atomic E-state index is 12.9. The van der Waals surface area contributed by atoms with Gasteiger partial charge in [0.2, 0.25) is 0 Å². The van der Waals surface area contributed by atoms with Gasteiger partial charge in [0.15, 0.2) is 0 Å². The fourth-order valence-electron chi connectivity index (χ4n) is 2.16. The second kappa shape index (κ2) is 8.93. The van der Waals surface area contributed by atoms with Crippen molar-refractivity contribution in [1.82, 2.24) is 0 Å². The van der Waals surface area contributed by atoms with Crippen LogP contribution >= 0.6 is 0 Å². The Bertz CT molecular complexity index is 388. The summed E-state index contributed by atoms with van der Waals surface area (Å²) in [5.74, 6) is -1.04. The van der Waals surface area contributed by atoms with Crippen molar-refractivity contribution >= 4 is 0 Å². The molecule has 0 aliphatic carbocycles. The summed E-state index contributed by atoms with van der Waals surface area (Å²) in [6.07, 6.45) is -0.298. The van der Waals surface area contributed by atoms with Gasteiger partial charge in [-0.15, -0.1) is 0 Å². The molecule has 0 aromatic heterocycles. The lowest BCUT2D eigenvalue weighted by Gasteiger charge is -2.20. The number of halogens is 3. The molecule has 5 heteroatoms. The summed E-state index contributed by atoms with van der Waals surface area (Å²) in [4.78, 5) is 0. The van der Waals surface area contributed by atoms with E-state index in [2.05, 4.69) is 6.92 Å². The molecule has 0 bridgehead atoms. The summed E-state index contributed by atoms with van der Waals surface area (Å²) >= 11 is 0. The molecule has 0 saturated heterocycles. The smallest absolute Gasteiger partial charge is 0.395 e. The van der Waals surface area contributed by atoms with Gasteiger partial charge in [-0.3, -0.25) is 0 Å². The molecule has 0 aliphatic heterocycles. The van der Waals surface area contributed by atoms with E-state index in [1.165, 1.54) is 12.1 Å². The van der Waals surface area contributed by atoms with Gasteiger partial charge in [0, 0.05) is 6.61 Å². The van der Waals surface area contributed by atoms with E-state index in [1.54, 1.807) is 12.1 Å². The van der Waals surface area contributed by atoms with E-state index in [4.69, 9.17) is 9.84 Å². The lowest BCUT2D eigenvalue weighted by Crippen LogP contribution is -2.21. The zero-order valence-corrected chi connectivity index (χ0v) is 12.3. The zero-order chi connectivity index (χ0) is 15.7. The van der Waals surface area contributed by atoms with Crippen LogP contribution in [0.5, 0.6) is 5.75 Å². The van der Waals surface area contributed by atoms with Crippen molar-refractivity contribution in [2.75, 3.05) is 13.2 Å². The molecular weight excluding hydrogens is 281 g/mol. The van der Waals surface area contributed by atoms with Crippen LogP contribution in [0.15, 0.2) is 24.3 Å². The van der Waals surface area contributed by atoms with Crippen LogP contribution in [0.25, 0.3) is 0 Å². The Morgan fingerprint density at radius 1 is 1.10 bits per heavy atom. The highest BCUT2D eigenvalue weighted by molar-refractivity contribution is 5.30. The molecule has 120 valence electrons. The molecule has 1 aromatic rings. The van der Waals surface area contributed by atoms with Gasteiger partial charge in [0.1, 0.15) is 5.75 Å². The third-order valence-corrected chi connectivity index (χ3v) is 3.36. The molecule has 1 rings (SSSR count). The average molecular weight is 304 g/mol. The number of aliphatic hydroxyl groups excluding tert-OH is 1. The first-order valence-corrected chi connectivity index (χ1v) is 7.39. The van der Waals surface area contributed by atoms with Crippen molar-refractivity contribution < 1.29 is 23.0 Å². The lowest BCUT2D eigenvalue weighted by molar-refractivity contribution is -0.153. The van der Waals surface area contributed by atoms with Crippen LogP contribution in [0, 0.1) is 0 Å². The Kier molecular flexibility index (Phi) is 7.57. The van der Waals surface area contributed by atoms with E-state index in [0.29, 0.717) is 12.4 Å². The minimum atomic E-state index is -4.34. The normalized spacial score (nSPS) is 13.2. The van der Waals surface area contributed by atoms with Crippen molar-refractivity contribution in [3.63, 3.8) is 0 Å². The predicted octanol–water partition coefficient (Wildman–Crippen LogP) is 4.67. The summed E-state index contributed by atoms with van der Waals surface area (Å²) in [6, 6.07) is 5.97. The van der Waals surface area contributed by atoms with Gasteiger partial charge in [0.25, 0.3) is 0 Å². The van der Waals surface area contributed by atoms with Crippen LogP contribution in [0.3, 0.4) is 0 Å². The van der Waals surface area contributed by atoms with E-state index < -0.39 is 18.7 Å². The van der Waals surface area contributed by atoms with E-state index in [0.717, 1.165) is 25.7 Å². The molecule has 0 radical (unpaired) electrons. The van der Waals surface area contributed by atoms with Crippen LogP contribution in [-0.4, -0.2) is 24.5 Å². The first-order chi connectivity index (χ1) is 9.99. The fraction of sp³-hybridized carbons (Fsp3) is 0.625. The molecule has 0 saturated carbocycles. The maximum Gasteiger partial charge on any atom is 0.395 e. The van der Waals surface area contributed by atoms with Gasteiger partial charge in [-0.25, -0.2) is 0 Å².